The highest BCUT2D eigenvalue weighted by Gasteiger charge is 2.24. The Morgan fingerprint density at radius 3 is 2.31 bits per heavy atom. The van der Waals surface area contributed by atoms with Crippen molar-refractivity contribution in [3.63, 3.8) is 0 Å². The SMILES string of the molecule is CCO[SiH](C=Cc1ccccc1)C(C)(C)C. The quantitative estimate of drug-likeness (QED) is 0.720. The van der Waals surface area contributed by atoms with Gasteiger partial charge in [-0.3, -0.25) is 0 Å². The molecule has 0 aliphatic heterocycles. The number of benzene rings is 1. The Balaban J connectivity index is 2.72. The van der Waals surface area contributed by atoms with E-state index < -0.39 is 9.04 Å². The van der Waals surface area contributed by atoms with Crippen LogP contribution in [0.5, 0.6) is 0 Å². The summed E-state index contributed by atoms with van der Waals surface area (Å²) in [6.07, 6.45) is 2.19. The Hall–Kier alpha value is -0.863. The monoisotopic (exact) mass is 234 g/mol. The van der Waals surface area contributed by atoms with Gasteiger partial charge in [-0.1, -0.05) is 62.9 Å². The van der Waals surface area contributed by atoms with Crippen molar-refractivity contribution in [2.75, 3.05) is 6.61 Å². The highest BCUT2D eigenvalue weighted by atomic mass is 28.3. The lowest BCUT2D eigenvalue weighted by Crippen LogP contribution is -2.27. The smallest absolute Gasteiger partial charge is 0.206 e. The first-order chi connectivity index (χ1) is 7.54. The van der Waals surface area contributed by atoms with Crippen molar-refractivity contribution in [1.29, 1.82) is 0 Å². The molecule has 0 amide bonds. The molecule has 0 bridgehead atoms. The molecule has 0 spiro atoms. The van der Waals surface area contributed by atoms with E-state index in [4.69, 9.17) is 4.43 Å². The minimum atomic E-state index is -1.27. The Kier molecular flexibility index (Phi) is 4.96. The molecular weight excluding hydrogens is 212 g/mol. The second-order valence-electron chi connectivity index (χ2n) is 5.01. The van der Waals surface area contributed by atoms with Crippen LogP contribution in [0, 0.1) is 0 Å². The van der Waals surface area contributed by atoms with Crippen LogP contribution in [-0.4, -0.2) is 15.6 Å². The molecule has 2 heteroatoms. The number of hydrogen-bond donors (Lipinski definition) is 0. The summed E-state index contributed by atoms with van der Waals surface area (Å²) in [5, 5.41) is 0.279. The van der Waals surface area contributed by atoms with E-state index in [0.29, 0.717) is 0 Å². The maximum atomic E-state index is 5.88. The van der Waals surface area contributed by atoms with Gasteiger partial charge in [-0.15, -0.1) is 0 Å². The second kappa shape index (κ2) is 6.02. The van der Waals surface area contributed by atoms with Crippen LogP contribution >= 0.6 is 0 Å². The van der Waals surface area contributed by atoms with E-state index >= 15 is 0 Å². The lowest BCUT2D eigenvalue weighted by molar-refractivity contribution is 0.331. The first-order valence-corrected chi connectivity index (χ1v) is 7.60. The molecule has 0 saturated carbocycles. The largest absolute Gasteiger partial charge is 0.416 e. The molecule has 1 unspecified atom stereocenters. The molecule has 88 valence electrons. The summed E-state index contributed by atoms with van der Waals surface area (Å²) in [6, 6.07) is 10.4. The molecule has 1 rings (SSSR count). The van der Waals surface area contributed by atoms with Gasteiger partial charge in [0.1, 0.15) is 0 Å². The molecule has 0 aliphatic carbocycles. The molecule has 0 saturated heterocycles. The van der Waals surface area contributed by atoms with Gasteiger partial charge >= 0.3 is 0 Å². The van der Waals surface area contributed by atoms with Crippen molar-refractivity contribution < 1.29 is 4.43 Å². The normalized spacial score (nSPS) is 14.2. The van der Waals surface area contributed by atoms with Crippen LogP contribution in [0.25, 0.3) is 6.08 Å². The molecule has 1 atom stereocenters. The van der Waals surface area contributed by atoms with Crippen LogP contribution in [-0.2, 0) is 4.43 Å². The minimum absolute atomic E-state index is 0.279. The van der Waals surface area contributed by atoms with Crippen LogP contribution in [0.2, 0.25) is 5.04 Å². The van der Waals surface area contributed by atoms with Gasteiger partial charge < -0.3 is 4.43 Å². The van der Waals surface area contributed by atoms with E-state index in [1.165, 1.54) is 5.56 Å². The lowest BCUT2D eigenvalue weighted by Gasteiger charge is -2.25. The summed E-state index contributed by atoms with van der Waals surface area (Å²) in [6.45, 7) is 9.66. The van der Waals surface area contributed by atoms with E-state index in [9.17, 15) is 0 Å². The molecule has 0 heterocycles. The van der Waals surface area contributed by atoms with Gasteiger partial charge in [-0.2, -0.15) is 0 Å². The van der Waals surface area contributed by atoms with Crippen LogP contribution in [0.3, 0.4) is 0 Å². The predicted octanol–water partition coefficient (Wildman–Crippen LogP) is 3.80. The molecule has 1 aromatic rings. The van der Waals surface area contributed by atoms with E-state index in [-0.39, 0.29) is 5.04 Å². The van der Waals surface area contributed by atoms with Gasteiger partial charge in [0.25, 0.3) is 0 Å². The van der Waals surface area contributed by atoms with Crippen molar-refractivity contribution in [2.24, 2.45) is 0 Å². The molecular formula is C14H22OSi. The van der Waals surface area contributed by atoms with Crippen molar-refractivity contribution in [1.82, 2.24) is 0 Å². The van der Waals surface area contributed by atoms with Gasteiger partial charge in [0.15, 0.2) is 0 Å². The first-order valence-electron chi connectivity index (χ1n) is 5.89. The zero-order chi connectivity index (χ0) is 12.0. The highest BCUT2D eigenvalue weighted by molar-refractivity contribution is 6.61. The Morgan fingerprint density at radius 1 is 1.19 bits per heavy atom. The summed E-state index contributed by atoms with van der Waals surface area (Å²) >= 11 is 0. The fourth-order valence-electron chi connectivity index (χ4n) is 1.54. The molecule has 0 aliphatic rings. The van der Waals surface area contributed by atoms with E-state index in [1.54, 1.807) is 0 Å². The molecule has 0 N–H and O–H groups in total. The van der Waals surface area contributed by atoms with Crippen LogP contribution in [0.1, 0.15) is 33.3 Å². The van der Waals surface area contributed by atoms with Gasteiger partial charge in [0, 0.05) is 6.61 Å². The molecule has 16 heavy (non-hydrogen) atoms. The van der Waals surface area contributed by atoms with E-state index in [2.05, 4.69) is 63.7 Å². The number of rotatable bonds is 4. The summed E-state index contributed by atoms with van der Waals surface area (Å²) in [5.74, 6) is 0. The summed E-state index contributed by atoms with van der Waals surface area (Å²) in [7, 11) is -1.27. The maximum absolute atomic E-state index is 5.88. The summed E-state index contributed by atoms with van der Waals surface area (Å²) < 4.78 is 5.88. The van der Waals surface area contributed by atoms with Crippen LogP contribution < -0.4 is 0 Å². The Morgan fingerprint density at radius 2 is 1.81 bits per heavy atom. The lowest BCUT2D eigenvalue weighted by atomic mass is 10.2. The molecule has 1 nitrogen and oxygen atoms in total. The zero-order valence-electron chi connectivity index (χ0n) is 10.7. The third-order valence-corrected chi connectivity index (χ3v) is 5.40. The van der Waals surface area contributed by atoms with E-state index in [1.807, 2.05) is 6.07 Å². The Labute approximate surface area is 101 Å². The van der Waals surface area contributed by atoms with Gasteiger partial charge in [-0.05, 0) is 17.5 Å². The number of hydrogen-bond acceptors (Lipinski definition) is 1. The molecule has 0 fully saturated rings. The van der Waals surface area contributed by atoms with E-state index in [0.717, 1.165) is 6.61 Å². The molecule has 0 aromatic heterocycles. The third-order valence-electron chi connectivity index (χ3n) is 2.46. The van der Waals surface area contributed by atoms with Gasteiger partial charge in [0.05, 0.1) is 0 Å². The van der Waals surface area contributed by atoms with Crippen molar-refractivity contribution >= 4 is 15.1 Å². The Bertz CT molecular complexity index is 324. The predicted molar refractivity (Wildman–Crippen MR) is 74.0 cm³/mol. The zero-order valence-corrected chi connectivity index (χ0v) is 11.9. The van der Waals surface area contributed by atoms with Crippen molar-refractivity contribution in [2.45, 2.75) is 32.7 Å². The summed E-state index contributed by atoms with van der Waals surface area (Å²) in [4.78, 5) is 0. The summed E-state index contributed by atoms with van der Waals surface area (Å²) in [5.41, 5.74) is 3.54. The van der Waals surface area contributed by atoms with Crippen LogP contribution in [0.15, 0.2) is 36.0 Å². The standard InChI is InChI=1S/C14H22OSi/c1-5-15-16(14(2,3)4)12-11-13-9-7-6-8-10-13/h6-12,16H,5H2,1-4H3. The molecule has 1 aromatic carbocycles. The molecule has 0 radical (unpaired) electrons. The van der Waals surface area contributed by atoms with Gasteiger partial charge in [0.2, 0.25) is 9.04 Å². The maximum Gasteiger partial charge on any atom is 0.206 e. The van der Waals surface area contributed by atoms with Crippen molar-refractivity contribution in [3.05, 3.63) is 41.6 Å². The fraction of sp³-hybridized carbons (Fsp3) is 0.429. The third kappa shape index (κ3) is 4.33. The van der Waals surface area contributed by atoms with Gasteiger partial charge in [-0.25, -0.2) is 0 Å². The fourth-order valence-corrected chi connectivity index (χ4v) is 3.48. The average molecular weight is 234 g/mol. The minimum Gasteiger partial charge on any atom is -0.416 e. The highest BCUT2D eigenvalue weighted by Crippen LogP contribution is 2.28. The second-order valence-corrected chi connectivity index (χ2v) is 8.30. The van der Waals surface area contributed by atoms with Crippen LogP contribution in [0.4, 0.5) is 0 Å². The first kappa shape index (κ1) is 13.2. The average Bonchev–Trinajstić information content (AvgIpc) is 2.24. The van der Waals surface area contributed by atoms with Crippen molar-refractivity contribution in [3.8, 4) is 0 Å². The topological polar surface area (TPSA) is 9.23 Å².